The van der Waals surface area contributed by atoms with Gasteiger partial charge in [-0.1, -0.05) is 0 Å². The van der Waals surface area contributed by atoms with E-state index in [1.807, 2.05) is 14.1 Å². The molecule has 0 bridgehead atoms. The molecule has 1 unspecified atom stereocenters. The van der Waals surface area contributed by atoms with Crippen LogP contribution in [0.1, 0.15) is 17.2 Å². The summed E-state index contributed by atoms with van der Waals surface area (Å²) in [6, 6.07) is 12.1. The Morgan fingerprint density at radius 2 is 1.79 bits per heavy atom. The van der Waals surface area contributed by atoms with E-state index in [2.05, 4.69) is 34.5 Å². The van der Waals surface area contributed by atoms with E-state index >= 15 is 0 Å². The average molecular weight is 367 g/mol. The van der Waals surface area contributed by atoms with Crippen LogP contribution in [0.25, 0.3) is 0 Å². The number of phenolic OH excluding ortho intramolecular Hbond substituents is 2. The zero-order chi connectivity index (χ0) is 16.4. The maximum atomic E-state index is 9.77. The lowest BCUT2D eigenvalue weighted by Crippen LogP contribution is -2.31. The third-order valence-corrected chi connectivity index (χ3v) is 5.27. The van der Waals surface area contributed by atoms with Crippen molar-refractivity contribution in [2.45, 2.75) is 17.4 Å². The van der Waals surface area contributed by atoms with Gasteiger partial charge in [-0.05, 0) is 60.5 Å². The monoisotopic (exact) mass is 366 g/mol. The maximum Gasteiger partial charge on any atom is 0.157 e. The van der Waals surface area contributed by atoms with Gasteiger partial charge in [-0.3, -0.25) is 0 Å². The maximum absolute atomic E-state index is 9.77. The van der Waals surface area contributed by atoms with Crippen LogP contribution in [-0.4, -0.2) is 36.6 Å². The van der Waals surface area contributed by atoms with Crippen molar-refractivity contribution in [1.29, 1.82) is 0 Å². The van der Waals surface area contributed by atoms with E-state index in [9.17, 15) is 10.2 Å². The second kappa shape index (κ2) is 8.01. The molecule has 0 saturated carbocycles. The molecule has 1 aliphatic rings. The number of aromatic hydroxyl groups is 2. The molecule has 3 N–H and O–H groups in total. The summed E-state index contributed by atoms with van der Waals surface area (Å²) in [6.45, 7) is 0.891. The molecular weight excluding hydrogens is 344 g/mol. The minimum absolute atomic E-state index is 0. The molecular formula is C18H23ClN2O2S. The molecule has 130 valence electrons. The lowest BCUT2D eigenvalue weighted by molar-refractivity contribution is 0.400. The van der Waals surface area contributed by atoms with E-state index in [1.165, 1.54) is 10.6 Å². The zero-order valence-corrected chi connectivity index (χ0v) is 15.5. The predicted octanol–water partition coefficient (Wildman–Crippen LogP) is 3.56. The van der Waals surface area contributed by atoms with Crippen LogP contribution in [0, 0.1) is 0 Å². The largest absolute Gasteiger partial charge is 0.504 e. The van der Waals surface area contributed by atoms with Crippen molar-refractivity contribution in [3.8, 4) is 11.5 Å². The van der Waals surface area contributed by atoms with E-state index in [0.29, 0.717) is 0 Å². The molecule has 1 heterocycles. The van der Waals surface area contributed by atoms with Crippen molar-refractivity contribution in [1.82, 2.24) is 5.32 Å². The number of hydrogen-bond donors (Lipinski definition) is 3. The Morgan fingerprint density at radius 3 is 2.46 bits per heavy atom. The number of fused-ring (bicyclic) bond motifs is 1. The van der Waals surface area contributed by atoms with Crippen LogP contribution in [0.2, 0.25) is 0 Å². The summed E-state index contributed by atoms with van der Waals surface area (Å²) in [5.74, 6) is 0.813. The van der Waals surface area contributed by atoms with Gasteiger partial charge in [0.2, 0.25) is 0 Å². The van der Waals surface area contributed by atoms with Crippen LogP contribution < -0.4 is 10.2 Å². The summed E-state index contributed by atoms with van der Waals surface area (Å²) in [5, 5.41) is 22.9. The van der Waals surface area contributed by atoms with Gasteiger partial charge >= 0.3 is 0 Å². The molecule has 6 heteroatoms. The molecule has 2 aromatic carbocycles. The molecule has 24 heavy (non-hydrogen) atoms. The highest BCUT2D eigenvalue weighted by Crippen LogP contribution is 2.36. The van der Waals surface area contributed by atoms with Crippen LogP contribution in [0.4, 0.5) is 5.69 Å². The minimum atomic E-state index is -0.0437. The van der Waals surface area contributed by atoms with Crippen molar-refractivity contribution < 1.29 is 10.2 Å². The summed E-state index contributed by atoms with van der Waals surface area (Å²) >= 11 is 1.80. The Hall–Kier alpha value is -1.56. The van der Waals surface area contributed by atoms with Crippen molar-refractivity contribution in [2.24, 2.45) is 0 Å². The molecule has 0 aliphatic carbocycles. The lowest BCUT2D eigenvalue weighted by Gasteiger charge is -2.27. The molecule has 3 rings (SSSR count). The standard InChI is InChI=1S/C18H22N2O2S.ClH/c1-20(2)13-3-5-14(6-4-13)23-11-16-15-10-18(22)17(21)9-12(15)7-8-19-16;/h3-6,9-10,16,19,21-22H,7-8,11H2,1-2H3;1H. The average Bonchev–Trinajstić information content (AvgIpc) is 2.54. The Morgan fingerprint density at radius 1 is 1.12 bits per heavy atom. The fourth-order valence-corrected chi connectivity index (χ4v) is 3.82. The van der Waals surface area contributed by atoms with E-state index in [4.69, 9.17) is 0 Å². The fourth-order valence-electron chi connectivity index (χ4n) is 2.84. The number of phenols is 2. The second-order valence-corrected chi connectivity index (χ2v) is 7.09. The number of thioether (sulfide) groups is 1. The van der Waals surface area contributed by atoms with Gasteiger partial charge in [-0.2, -0.15) is 0 Å². The number of rotatable bonds is 4. The number of nitrogens with zero attached hydrogens (tertiary/aromatic N) is 1. The number of nitrogens with one attached hydrogen (secondary N) is 1. The predicted molar refractivity (Wildman–Crippen MR) is 103 cm³/mol. The molecule has 1 aliphatic heterocycles. The first-order chi connectivity index (χ1) is 11.0. The van der Waals surface area contributed by atoms with Gasteiger partial charge in [0.15, 0.2) is 11.5 Å². The number of hydrogen-bond acceptors (Lipinski definition) is 5. The summed E-state index contributed by atoms with van der Waals surface area (Å²) in [6.07, 6.45) is 0.877. The third-order valence-electron chi connectivity index (χ3n) is 4.17. The molecule has 0 fully saturated rings. The van der Waals surface area contributed by atoms with Crippen molar-refractivity contribution in [3.63, 3.8) is 0 Å². The smallest absolute Gasteiger partial charge is 0.157 e. The van der Waals surface area contributed by atoms with Crippen molar-refractivity contribution >= 4 is 29.9 Å². The molecule has 1 atom stereocenters. The van der Waals surface area contributed by atoms with Crippen molar-refractivity contribution in [2.75, 3.05) is 31.3 Å². The topological polar surface area (TPSA) is 55.7 Å². The highest BCUT2D eigenvalue weighted by Gasteiger charge is 2.21. The normalized spacial score (nSPS) is 16.2. The van der Waals surface area contributed by atoms with E-state index in [-0.39, 0.29) is 29.9 Å². The molecule has 0 saturated heterocycles. The first kappa shape index (κ1) is 18.8. The Kier molecular flexibility index (Phi) is 6.27. The van der Waals surface area contributed by atoms with Crippen LogP contribution in [-0.2, 0) is 6.42 Å². The van der Waals surface area contributed by atoms with Gasteiger partial charge < -0.3 is 20.4 Å². The van der Waals surface area contributed by atoms with Gasteiger partial charge in [0, 0.05) is 36.5 Å². The molecule has 0 amide bonds. The van der Waals surface area contributed by atoms with Gasteiger partial charge in [-0.15, -0.1) is 24.2 Å². The SMILES string of the molecule is CN(C)c1ccc(SCC2NCCc3cc(O)c(O)cc32)cc1.Cl. The summed E-state index contributed by atoms with van der Waals surface area (Å²) in [4.78, 5) is 3.32. The lowest BCUT2D eigenvalue weighted by atomic mass is 9.94. The first-order valence-electron chi connectivity index (χ1n) is 7.73. The van der Waals surface area contributed by atoms with E-state index < -0.39 is 0 Å². The molecule has 0 spiro atoms. The summed E-state index contributed by atoms with van der Waals surface area (Å²) < 4.78 is 0. The van der Waals surface area contributed by atoms with Crippen LogP contribution in [0.5, 0.6) is 11.5 Å². The molecule has 0 radical (unpaired) electrons. The third kappa shape index (κ3) is 4.09. The molecule has 0 aromatic heterocycles. The van der Waals surface area contributed by atoms with Gasteiger partial charge in [0.05, 0.1) is 0 Å². The highest BCUT2D eigenvalue weighted by atomic mass is 35.5. The fraction of sp³-hybridized carbons (Fsp3) is 0.333. The second-order valence-electron chi connectivity index (χ2n) is 6.00. The van der Waals surface area contributed by atoms with Gasteiger partial charge in [0.25, 0.3) is 0 Å². The molecule has 4 nitrogen and oxygen atoms in total. The highest BCUT2D eigenvalue weighted by molar-refractivity contribution is 7.99. The van der Waals surface area contributed by atoms with Gasteiger partial charge in [0.1, 0.15) is 0 Å². The van der Waals surface area contributed by atoms with Crippen LogP contribution in [0.3, 0.4) is 0 Å². The minimum Gasteiger partial charge on any atom is -0.504 e. The Bertz CT molecular complexity index is 692. The first-order valence-corrected chi connectivity index (χ1v) is 8.71. The quantitative estimate of drug-likeness (QED) is 0.570. The number of halogens is 1. The number of benzene rings is 2. The van der Waals surface area contributed by atoms with Crippen LogP contribution >= 0.6 is 24.2 Å². The zero-order valence-electron chi connectivity index (χ0n) is 13.8. The van der Waals surface area contributed by atoms with Crippen molar-refractivity contribution in [3.05, 3.63) is 47.5 Å². The van der Waals surface area contributed by atoms with E-state index in [1.54, 1.807) is 23.9 Å². The Labute approximate surface area is 153 Å². The summed E-state index contributed by atoms with van der Waals surface area (Å²) in [7, 11) is 4.07. The Balaban J connectivity index is 0.00000208. The molecule has 2 aromatic rings. The van der Waals surface area contributed by atoms with Crippen LogP contribution in [0.15, 0.2) is 41.3 Å². The van der Waals surface area contributed by atoms with Gasteiger partial charge in [-0.25, -0.2) is 0 Å². The number of anilines is 1. The summed E-state index contributed by atoms with van der Waals surface area (Å²) in [5.41, 5.74) is 3.40. The van der Waals surface area contributed by atoms with E-state index in [0.717, 1.165) is 29.8 Å².